The summed E-state index contributed by atoms with van der Waals surface area (Å²) in [6.07, 6.45) is 0.619. The highest BCUT2D eigenvalue weighted by atomic mass is 16.5. The van der Waals surface area contributed by atoms with Gasteiger partial charge in [-0.25, -0.2) is 0 Å². The molecule has 2 N–H and O–H groups in total. The van der Waals surface area contributed by atoms with Gasteiger partial charge in [-0.3, -0.25) is 4.57 Å². The van der Waals surface area contributed by atoms with Gasteiger partial charge in [0, 0.05) is 17.7 Å². The Labute approximate surface area is 151 Å². The number of benzene rings is 2. The summed E-state index contributed by atoms with van der Waals surface area (Å²) in [7, 11) is 1.50. The lowest BCUT2D eigenvalue weighted by Gasteiger charge is -2.10. The van der Waals surface area contributed by atoms with Gasteiger partial charge in [-0.1, -0.05) is 6.92 Å². The Morgan fingerprint density at radius 2 is 1.73 bits per heavy atom. The average Bonchev–Trinajstić information content (AvgIpc) is 2.96. The van der Waals surface area contributed by atoms with E-state index in [9.17, 15) is 10.2 Å². The van der Waals surface area contributed by atoms with E-state index < -0.39 is 0 Å². The van der Waals surface area contributed by atoms with E-state index in [0.717, 1.165) is 0 Å². The number of aryl methyl sites for hydroxylation is 1. The summed E-state index contributed by atoms with van der Waals surface area (Å²) in [5, 5.41) is 29.3. The van der Waals surface area contributed by atoms with E-state index in [2.05, 4.69) is 0 Å². The molecule has 3 aromatic rings. The maximum atomic E-state index is 10.2. The molecule has 0 unspecified atom stereocenters. The Morgan fingerprint density at radius 1 is 1.04 bits per heavy atom. The molecule has 6 heteroatoms. The molecule has 1 aromatic heterocycles. The van der Waals surface area contributed by atoms with E-state index in [1.54, 1.807) is 48.5 Å². The standard InChI is InChI=1S/C20H18N2O4/c1-3-13-10-19(23)22(20(13)24)15-5-8-16(9-6-15)26-17-7-4-14(12-21)18(11-17)25-2/h4-11,23-24H,3H2,1-2H3. The molecule has 0 bridgehead atoms. The van der Waals surface area contributed by atoms with Gasteiger partial charge in [0.15, 0.2) is 5.88 Å². The molecule has 132 valence electrons. The second-order valence-corrected chi connectivity index (χ2v) is 5.61. The second-order valence-electron chi connectivity index (χ2n) is 5.61. The van der Waals surface area contributed by atoms with Crippen molar-refractivity contribution >= 4 is 0 Å². The molecule has 1 heterocycles. The third-order valence-electron chi connectivity index (χ3n) is 4.04. The zero-order valence-corrected chi connectivity index (χ0v) is 14.4. The number of nitrogens with zero attached hydrogens (tertiary/aromatic N) is 2. The topological polar surface area (TPSA) is 87.6 Å². The zero-order valence-electron chi connectivity index (χ0n) is 14.4. The lowest BCUT2D eigenvalue weighted by atomic mass is 10.2. The minimum atomic E-state index is -0.0233. The summed E-state index contributed by atoms with van der Waals surface area (Å²) >= 11 is 0. The van der Waals surface area contributed by atoms with Crippen LogP contribution in [0.2, 0.25) is 0 Å². The van der Waals surface area contributed by atoms with Crippen LogP contribution in [0, 0.1) is 11.3 Å². The van der Waals surface area contributed by atoms with E-state index in [4.69, 9.17) is 14.7 Å². The smallest absolute Gasteiger partial charge is 0.201 e. The fourth-order valence-electron chi connectivity index (χ4n) is 2.68. The molecule has 0 aliphatic heterocycles. The molecule has 26 heavy (non-hydrogen) atoms. The number of aromatic nitrogens is 1. The quantitative estimate of drug-likeness (QED) is 0.722. The van der Waals surface area contributed by atoms with E-state index in [-0.39, 0.29) is 11.8 Å². The molecule has 2 aromatic carbocycles. The first-order valence-corrected chi connectivity index (χ1v) is 8.06. The van der Waals surface area contributed by atoms with Gasteiger partial charge < -0.3 is 19.7 Å². The van der Waals surface area contributed by atoms with Crippen LogP contribution in [-0.4, -0.2) is 21.9 Å². The molecule has 0 fully saturated rings. The number of nitriles is 1. The molecule has 6 nitrogen and oxygen atoms in total. The molecule has 0 atom stereocenters. The second kappa shape index (κ2) is 7.11. The first kappa shape index (κ1) is 17.2. The molecule has 0 amide bonds. The molecular weight excluding hydrogens is 332 g/mol. The summed E-state index contributed by atoms with van der Waals surface area (Å²) in [4.78, 5) is 0. The maximum absolute atomic E-state index is 10.2. The predicted octanol–water partition coefficient (Wildman–Crippen LogP) is 4.12. The van der Waals surface area contributed by atoms with Crippen LogP contribution in [0.3, 0.4) is 0 Å². The summed E-state index contributed by atoms with van der Waals surface area (Å²) in [5.41, 5.74) is 1.72. The van der Waals surface area contributed by atoms with Gasteiger partial charge in [-0.05, 0) is 42.8 Å². The van der Waals surface area contributed by atoms with Crippen molar-refractivity contribution in [3.8, 4) is 40.8 Å². The van der Waals surface area contributed by atoms with Crippen LogP contribution < -0.4 is 9.47 Å². The number of ether oxygens (including phenoxy) is 2. The Kier molecular flexibility index (Phi) is 4.72. The highest BCUT2D eigenvalue weighted by Crippen LogP contribution is 2.33. The van der Waals surface area contributed by atoms with Gasteiger partial charge >= 0.3 is 0 Å². The van der Waals surface area contributed by atoms with Crippen molar-refractivity contribution in [2.45, 2.75) is 13.3 Å². The molecule has 0 aliphatic carbocycles. The van der Waals surface area contributed by atoms with Crippen molar-refractivity contribution in [1.82, 2.24) is 4.57 Å². The van der Waals surface area contributed by atoms with Crippen LogP contribution in [0.4, 0.5) is 0 Å². The average molecular weight is 350 g/mol. The Hall–Kier alpha value is -3.59. The zero-order chi connectivity index (χ0) is 18.7. The normalized spacial score (nSPS) is 10.3. The fraction of sp³-hybridized carbons (Fsp3) is 0.150. The van der Waals surface area contributed by atoms with Crippen LogP contribution in [0.5, 0.6) is 29.0 Å². The van der Waals surface area contributed by atoms with E-state index >= 15 is 0 Å². The maximum Gasteiger partial charge on any atom is 0.201 e. The van der Waals surface area contributed by atoms with Crippen molar-refractivity contribution in [2.75, 3.05) is 7.11 Å². The van der Waals surface area contributed by atoms with Gasteiger partial charge in [-0.15, -0.1) is 0 Å². The van der Waals surface area contributed by atoms with Crippen molar-refractivity contribution in [3.63, 3.8) is 0 Å². The molecule has 0 spiro atoms. The minimum absolute atomic E-state index is 0.0233. The number of rotatable bonds is 5. The summed E-state index contributed by atoms with van der Waals surface area (Å²) < 4.78 is 12.3. The van der Waals surface area contributed by atoms with Crippen molar-refractivity contribution in [1.29, 1.82) is 5.26 Å². The molecule has 0 saturated heterocycles. The van der Waals surface area contributed by atoms with Crippen LogP contribution >= 0.6 is 0 Å². The number of methoxy groups -OCH3 is 1. The lowest BCUT2D eigenvalue weighted by molar-refractivity contribution is 0.400. The summed E-state index contributed by atoms with van der Waals surface area (Å²) in [6.45, 7) is 1.90. The van der Waals surface area contributed by atoms with E-state index in [1.165, 1.54) is 11.7 Å². The largest absolute Gasteiger partial charge is 0.495 e. The molecule has 0 radical (unpaired) electrons. The van der Waals surface area contributed by atoms with Gasteiger partial charge in [-0.2, -0.15) is 5.26 Å². The van der Waals surface area contributed by atoms with Gasteiger partial charge in [0.05, 0.1) is 18.4 Å². The van der Waals surface area contributed by atoms with Crippen molar-refractivity contribution in [3.05, 3.63) is 59.7 Å². The molecule has 0 saturated carbocycles. The SMILES string of the molecule is CCc1cc(O)n(-c2ccc(Oc3ccc(C#N)c(OC)c3)cc2)c1O. The number of aromatic hydroxyl groups is 2. The minimum Gasteiger partial charge on any atom is -0.495 e. The molecule has 3 rings (SSSR count). The van der Waals surface area contributed by atoms with Crippen LogP contribution in [0.1, 0.15) is 18.1 Å². The summed E-state index contributed by atoms with van der Waals surface area (Å²) in [6, 6.07) is 15.5. The Morgan fingerprint density at radius 3 is 2.31 bits per heavy atom. The molecular formula is C20H18N2O4. The van der Waals surface area contributed by atoms with E-state index in [1.807, 2.05) is 13.0 Å². The molecule has 0 aliphatic rings. The van der Waals surface area contributed by atoms with Crippen molar-refractivity contribution < 1.29 is 19.7 Å². The first-order valence-electron chi connectivity index (χ1n) is 8.06. The van der Waals surface area contributed by atoms with Crippen LogP contribution in [-0.2, 0) is 6.42 Å². The fourth-order valence-corrected chi connectivity index (χ4v) is 2.68. The third kappa shape index (κ3) is 3.15. The lowest BCUT2D eigenvalue weighted by Crippen LogP contribution is -1.94. The van der Waals surface area contributed by atoms with Gasteiger partial charge in [0.2, 0.25) is 5.88 Å². The van der Waals surface area contributed by atoms with Gasteiger partial charge in [0.1, 0.15) is 23.3 Å². The Bertz CT molecular complexity index is 969. The third-order valence-corrected chi connectivity index (χ3v) is 4.04. The van der Waals surface area contributed by atoms with Crippen molar-refractivity contribution in [2.24, 2.45) is 0 Å². The van der Waals surface area contributed by atoms with Crippen LogP contribution in [0.25, 0.3) is 5.69 Å². The number of hydrogen-bond acceptors (Lipinski definition) is 5. The highest BCUT2D eigenvalue weighted by molar-refractivity contribution is 5.50. The van der Waals surface area contributed by atoms with E-state index in [0.29, 0.717) is 40.5 Å². The summed E-state index contributed by atoms with van der Waals surface area (Å²) in [5.74, 6) is 1.55. The number of hydrogen-bond donors (Lipinski definition) is 2. The predicted molar refractivity (Wildman–Crippen MR) is 96.3 cm³/mol. The van der Waals surface area contributed by atoms with Crippen LogP contribution in [0.15, 0.2) is 48.5 Å². The monoisotopic (exact) mass is 350 g/mol. The highest BCUT2D eigenvalue weighted by Gasteiger charge is 2.14. The Balaban J connectivity index is 1.85. The first-order chi connectivity index (χ1) is 12.6. The van der Waals surface area contributed by atoms with Gasteiger partial charge in [0.25, 0.3) is 0 Å².